The maximum absolute atomic E-state index is 12.4. The van der Waals surface area contributed by atoms with Crippen molar-refractivity contribution in [1.82, 2.24) is 15.7 Å². The first-order valence-electron chi connectivity index (χ1n) is 7.82. The highest BCUT2D eigenvalue weighted by Crippen LogP contribution is 2.28. The van der Waals surface area contributed by atoms with Gasteiger partial charge in [0.15, 0.2) is 0 Å². The summed E-state index contributed by atoms with van der Waals surface area (Å²) in [4.78, 5) is 27.1. The lowest BCUT2D eigenvalue weighted by molar-refractivity contribution is 0.0711. The molecule has 0 bridgehead atoms. The van der Waals surface area contributed by atoms with Crippen LogP contribution in [0.2, 0.25) is 0 Å². The molecule has 0 unspecified atom stereocenters. The van der Waals surface area contributed by atoms with Crippen LogP contribution in [-0.4, -0.2) is 35.7 Å². The second kappa shape index (κ2) is 7.54. The topological polar surface area (TPSA) is 90.9 Å². The molecule has 1 aromatic heterocycles. The smallest absolute Gasteiger partial charge is 0.317 e. The number of thiophene rings is 1. The van der Waals surface area contributed by atoms with E-state index in [1.54, 1.807) is 23.6 Å². The van der Waals surface area contributed by atoms with Gasteiger partial charge in [0.05, 0.1) is 12.0 Å². The van der Waals surface area contributed by atoms with Crippen LogP contribution < -0.4 is 15.5 Å². The van der Waals surface area contributed by atoms with Gasteiger partial charge in [-0.25, -0.2) is 10.3 Å². The molecule has 1 aliphatic heterocycles. The highest BCUT2D eigenvalue weighted by Gasteiger charge is 2.24. The Morgan fingerprint density at radius 3 is 2.76 bits per heavy atom. The molecular weight excluding hydrogens is 342 g/mol. The van der Waals surface area contributed by atoms with Crippen LogP contribution >= 0.6 is 11.3 Å². The molecule has 0 fully saturated rings. The van der Waals surface area contributed by atoms with Crippen molar-refractivity contribution in [2.45, 2.75) is 19.5 Å². The predicted molar refractivity (Wildman–Crippen MR) is 92.9 cm³/mol. The fraction of sp³-hybridized carbons (Fsp3) is 0.294. The molecule has 2 heterocycles. The van der Waals surface area contributed by atoms with Crippen LogP contribution in [0.25, 0.3) is 0 Å². The highest BCUT2D eigenvalue weighted by molar-refractivity contribution is 7.14. The van der Waals surface area contributed by atoms with Crippen LogP contribution in [0.5, 0.6) is 5.75 Å². The van der Waals surface area contributed by atoms with Crippen LogP contribution in [0.4, 0.5) is 4.79 Å². The Kier molecular flexibility index (Phi) is 5.20. The summed E-state index contributed by atoms with van der Waals surface area (Å²) in [6.45, 7) is 1.50. The van der Waals surface area contributed by atoms with Crippen LogP contribution in [0, 0.1) is 0 Å². The zero-order chi connectivity index (χ0) is 17.8. The lowest BCUT2D eigenvalue weighted by Gasteiger charge is -2.27. The van der Waals surface area contributed by atoms with Gasteiger partial charge in [-0.2, -0.15) is 0 Å². The number of nitrogens with one attached hydrogen (secondary N) is 2. The second-order valence-corrected chi connectivity index (χ2v) is 6.82. The Morgan fingerprint density at radius 2 is 2.08 bits per heavy atom. The molecule has 0 spiro atoms. The zero-order valence-corrected chi connectivity index (χ0v) is 14.6. The molecule has 2 aromatic rings. The number of fused-ring (bicyclic) bond motifs is 1. The number of methoxy groups -OCH3 is 1. The van der Waals surface area contributed by atoms with Crippen LogP contribution in [0.3, 0.4) is 0 Å². The third kappa shape index (κ3) is 3.92. The standard InChI is InChI=1S/C17H19N3O4S/c1-24-13-4-2-11(3-5-13)9-18-17(22)20-7-6-14-12(10-20)8-15(25-14)16(21)19-23/h2-5,8,23H,6-7,9-10H2,1H3,(H,18,22)(H,19,21). The largest absolute Gasteiger partial charge is 0.497 e. The van der Waals surface area contributed by atoms with E-state index in [0.29, 0.717) is 30.9 Å². The molecule has 7 nitrogen and oxygen atoms in total. The molecule has 25 heavy (non-hydrogen) atoms. The van der Waals surface area contributed by atoms with Crippen LogP contribution in [0.15, 0.2) is 30.3 Å². The Labute approximate surface area is 149 Å². The Morgan fingerprint density at radius 1 is 1.32 bits per heavy atom. The normalized spacial score (nSPS) is 13.1. The van der Waals surface area contributed by atoms with Gasteiger partial charge in [-0.3, -0.25) is 10.0 Å². The summed E-state index contributed by atoms with van der Waals surface area (Å²) in [7, 11) is 1.61. The summed E-state index contributed by atoms with van der Waals surface area (Å²) in [5, 5.41) is 11.6. The third-order valence-corrected chi connectivity index (χ3v) is 5.32. The lowest BCUT2D eigenvalue weighted by atomic mass is 10.1. The molecule has 0 atom stereocenters. The number of ether oxygens (including phenoxy) is 1. The van der Waals surface area contributed by atoms with Crippen molar-refractivity contribution in [3.8, 4) is 5.75 Å². The van der Waals surface area contributed by atoms with Crippen molar-refractivity contribution in [1.29, 1.82) is 0 Å². The second-order valence-electron chi connectivity index (χ2n) is 5.68. The number of rotatable bonds is 4. The number of urea groups is 1. The fourth-order valence-electron chi connectivity index (χ4n) is 2.71. The molecule has 0 aliphatic carbocycles. The molecule has 1 aliphatic rings. The minimum atomic E-state index is -0.519. The van der Waals surface area contributed by atoms with Gasteiger partial charge in [0.2, 0.25) is 0 Å². The van der Waals surface area contributed by atoms with Gasteiger partial charge in [-0.1, -0.05) is 12.1 Å². The number of hydrogen-bond acceptors (Lipinski definition) is 5. The molecule has 3 amide bonds. The number of carbonyl (C=O) groups excluding carboxylic acids is 2. The lowest BCUT2D eigenvalue weighted by Crippen LogP contribution is -2.42. The number of carbonyl (C=O) groups is 2. The summed E-state index contributed by atoms with van der Waals surface area (Å²) in [6.07, 6.45) is 0.703. The number of hydrogen-bond donors (Lipinski definition) is 3. The minimum Gasteiger partial charge on any atom is -0.497 e. The van der Waals surface area contributed by atoms with E-state index in [1.165, 1.54) is 11.3 Å². The van der Waals surface area contributed by atoms with Crippen molar-refractivity contribution in [3.63, 3.8) is 0 Å². The van der Waals surface area contributed by atoms with Gasteiger partial charge in [-0.05, 0) is 35.7 Å². The zero-order valence-electron chi connectivity index (χ0n) is 13.7. The third-order valence-electron chi connectivity index (χ3n) is 4.08. The predicted octanol–water partition coefficient (Wildman–Crippen LogP) is 2.14. The number of benzene rings is 1. The van der Waals surface area contributed by atoms with E-state index in [0.717, 1.165) is 21.8 Å². The summed E-state index contributed by atoms with van der Waals surface area (Å²) in [6, 6.07) is 9.12. The van der Waals surface area contributed by atoms with E-state index in [1.807, 2.05) is 24.3 Å². The molecule has 8 heteroatoms. The quantitative estimate of drug-likeness (QED) is 0.575. The van der Waals surface area contributed by atoms with Crippen molar-refractivity contribution < 1.29 is 19.5 Å². The van der Waals surface area contributed by atoms with Crippen molar-refractivity contribution in [3.05, 3.63) is 51.2 Å². The number of amides is 3. The molecule has 0 saturated carbocycles. The van der Waals surface area contributed by atoms with Crippen molar-refractivity contribution in [2.24, 2.45) is 0 Å². The molecule has 0 saturated heterocycles. The average Bonchev–Trinajstić information content (AvgIpc) is 3.09. The van der Waals surface area contributed by atoms with Gasteiger partial charge in [0, 0.05) is 24.5 Å². The van der Waals surface area contributed by atoms with Gasteiger partial charge in [0.1, 0.15) is 5.75 Å². The number of nitrogens with zero attached hydrogens (tertiary/aromatic N) is 1. The average molecular weight is 361 g/mol. The van der Waals surface area contributed by atoms with Gasteiger partial charge in [0.25, 0.3) is 5.91 Å². The molecule has 3 N–H and O–H groups in total. The van der Waals surface area contributed by atoms with Gasteiger partial charge in [-0.15, -0.1) is 11.3 Å². The fourth-order valence-corrected chi connectivity index (χ4v) is 3.76. The highest BCUT2D eigenvalue weighted by atomic mass is 32.1. The SMILES string of the molecule is COc1ccc(CNC(=O)N2CCc3sc(C(=O)NO)cc3C2)cc1. The van der Waals surface area contributed by atoms with E-state index in [4.69, 9.17) is 9.94 Å². The first kappa shape index (κ1) is 17.2. The number of hydroxylamine groups is 1. The van der Waals surface area contributed by atoms with Crippen LogP contribution in [-0.2, 0) is 19.5 Å². The van der Waals surface area contributed by atoms with E-state index < -0.39 is 5.91 Å². The summed E-state index contributed by atoms with van der Waals surface area (Å²) in [5.41, 5.74) is 3.58. The van der Waals surface area contributed by atoms with Crippen molar-refractivity contribution >= 4 is 23.3 Å². The summed E-state index contributed by atoms with van der Waals surface area (Å²) >= 11 is 1.35. The minimum absolute atomic E-state index is 0.138. The monoisotopic (exact) mass is 361 g/mol. The Hall–Kier alpha value is -2.58. The van der Waals surface area contributed by atoms with E-state index >= 15 is 0 Å². The van der Waals surface area contributed by atoms with E-state index in [9.17, 15) is 9.59 Å². The Bertz CT molecular complexity index is 773. The maximum atomic E-state index is 12.4. The van der Waals surface area contributed by atoms with Crippen LogP contribution in [0.1, 0.15) is 25.7 Å². The molecule has 3 rings (SSSR count). The first-order chi connectivity index (χ1) is 12.1. The van der Waals surface area contributed by atoms with Crippen molar-refractivity contribution in [2.75, 3.05) is 13.7 Å². The van der Waals surface area contributed by atoms with Gasteiger partial charge >= 0.3 is 6.03 Å². The first-order valence-corrected chi connectivity index (χ1v) is 8.64. The Balaban J connectivity index is 1.58. The summed E-state index contributed by atoms with van der Waals surface area (Å²) in [5.74, 6) is 0.258. The van der Waals surface area contributed by atoms with Gasteiger partial charge < -0.3 is 15.0 Å². The van der Waals surface area contributed by atoms with E-state index in [-0.39, 0.29) is 6.03 Å². The molecule has 1 aromatic carbocycles. The molecular formula is C17H19N3O4S. The molecule has 0 radical (unpaired) electrons. The molecule has 132 valence electrons. The maximum Gasteiger partial charge on any atom is 0.317 e. The summed E-state index contributed by atoms with van der Waals surface area (Å²) < 4.78 is 5.11. The van der Waals surface area contributed by atoms with E-state index in [2.05, 4.69) is 5.32 Å².